The number of likely N-dealkylation sites (tertiary alicyclic amines) is 1. The Kier molecular flexibility index (Phi) is 4.74. The first-order chi connectivity index (χ1) is 8.74. The Morgan fingerprint density at radius 2 is 2.28 bits per heavy atom. The van der Waals surface area contributed by atoms with Crippen molar-refractivity contribution in [1.29, 1.82) is 0 Å². The summed E-state index contributed by atoms with van der Waals surface area (Å²) >= 11 is 1.46. The summed E-state index contributed by atoms with van der Waals surface area (Å²) in [5, 5.41) is 1.96. The summed E-state index contributed by atoms with van der Waals surface area (Å²) in [4.78, 5) is 14.8. The number of piperidine rings is 1. The van der Waals surface area contributed by atoms with Gasteiger partial charge in [0.05, 0.1) is 4.88 Å². The molecule has 2 rings (SSSR count). The smallest absolute Gasteiger partial charge is 0.275 e. The third-order valence-electron chi connectivity index (χ3n) is 3.76. The molecule has 2 heterocycles. The lowest BCUT2D eigenvalue weighted by atomic mass is 9.94. The highest BCUT2D eigenvalue weighted by atomic mass is 32.1. The summed E-state index contributed by atoms with van der Waals surface area (Å²) in [6.45, 7) is 5.40. The standard InChI is InChI=1S/C13H21N3OS/c1-2-10-3-6-16(7-4-10)9-11-5-8-18-12(11)13(17)15-14/h5,8,10H,2-4,6-7,9,14H2,1H3,(H,15,17). The quantitative estimate of drug-likeness (QED) is 0.498. The van der Waals surface area contributed by atoms with Crippen molar-refractivity contribution >= 4 is 17.2 Å². The van der Waals surface area contributed by atoms with E-state index in [0.29, 0.717) is 0 Å². The molecule has 3 N–H and O–H groups in total. The lowest BCUT2D eigenvalue weighted by Gasteiger charge is -2.31. The summed E-state index contributed by atoms with van der Waals surface area (Å²) in [6.07, 6.45) is 3.84. The van der Waals surface area contributed by atoms with E-state index in [1.807, 2.05) is 11.4 Å². The van der Waals surface area contributed by atoms with Crippen molar-refractivity contribution in [2.45, 2.75) is 32.7 Å². The Morgan fingerprint density at radius 3 is 2.89 bits per heavy atom. The Balaban J connectivity index is 1.94. The highest BCUT2D eigenvalue weighted by molar-refractivity contribution is 7.12. The summed E-state index contributed by atoms with van der Waals surface area (Å²) < 4.78 is 0. The Morgan fingerprint density at radius 1 is 1.56 bits per heavy atom. The molecule has 1 amide bonds. The van der Waals surface area contributed by atoms with Gasteiger partial charge in [-0.1, -0.05) is 13.3 Å². The van der Waals surface area contributed by atoms with E-state index in [1.54, 1.807) is 0 Å². The zero-order valence-electron chi connectivity index (χ0n) is 10.8. The molecule has 1 aliphatic rings. The largest absolute Gasteiger partial charge is 0.299 e. The molecule has 5 heteroatoms. The first kappa shape index (κ1) is 13.5. The highest BCUT2D eigenvalue weighted by Crippen LogP contribution is 2.24. The molecular weight excluding hydrogens is 246 g/mol. The first-order valence-corrected chi connectivity index (χ1v) is 7.42. The van der Waals surface area contributed by atoms with Crippen LogP contribution >= 0.6 is 11.3 Å². The fourth-order valence-corrected chi connectivity index (χ4v) is 3.34. The van der Waals surface area contributed by atoms with Crippen LogP contribution < -0.4 is 11.3 Å². The van der Waals surface area contributed by atoms with E-state index in [4.69, 9.17) is 5.84 Å². The maximum atomic E-state index is 11.6. The second-order valence-corrected chi connectivity index (χ2v) is 5.79. The molecule has 4 nitrogen and oxygen atoms in total. The SMILES string of the molecule is CCC1CCN(Cc2ccsc2C(=O)NN)CC1. The molecule has 18 heavy (non-hydrogen) atoms. The number of carbonyl (C=O) groups excluding carboxylic acids is 1. The normalized spacial score (nSPS) is 17.9. The molecule has 1 saturated heterocycles. The van der Waals surface area contributed by atoms with E-state index >= 15 is 0 Å². The summed E-state index contributed by atoms with van der Waals surface area (Å²) in [6, 6.07) is 2.03. The molecule has 0 aliphatic carbocycles. The van der Waals surface area contributed by atoms with Crippen molar-refractivity contribution in [1.82, 2.24) is 10.3 Å². The number of hydrogen-bond acceptors (Lipinski definition) is 4. The van der Waals surface area contributed by atoms with Crippen LogP contribution in [0.4, 0.5) is 0 Å². The van der Waals surface area contributed by atoms with Gasteiger partial charge in [-0.05, 0) is 48.9 Å². The van der Waals surface area contributed by atoms with Crippen LogP contribution in [0.2, 0.25) is 0 Å². The Bertz CT molecular complexity index is 397. The maximum Gasteiger partial charge on any atom is 0.275 e. The van der Waals surface area contributed by atoms with Gasteiger partial charge in [0.2, 0.25) is 0 Å². The molecule has 1 aromatic rings. The first-order valence-electron chi connectivity index (χ1n) is 6.54. The lowest BCUT2D eigenvalue weighted by Crippen LogP contribution is -2.34. The second-order valence-electron chi connectivity index (χ2n) is 4.88. The maximum absolute atomic E-state index is 11.6. The van der Waals surface area contributed by atoms with Gasteiger partial charge in [0.1, 0.15) is 0 Å². The van der Waals surface area contributed by atoms with Gasteiger partial charge in [0, 0.05) is 6.54 Å². The van der Waals surface area contributed by atoms with Gasteiger partial charge in [-0.25, -0.2) is 5.84 Å². The minimum atomic E-state index is -0.177. The van der Waals surface area contributed by atoms with Crippen LogP contribution in [0.25, 0.3) is 0 Å². The van der Waals surface area contributed by atoms with Gasteiger partial charge >= 0.3 is 0 Å². The van der Waals surface area contributed by atoms with Gasteiger partial charge < -0.3 is 0 Å². The molecular formula is C13H21N3OS. The van der Waals surface area contributed by atoms with Crippen LogP contribution in [0.1, 0.15) is 41.4 Å². The third kappa shape index (κ3) is 3.10. The van der Waals surface area contributed by atoms with E-state index in [9.17, 15) is 4.79 Å². The highest BCUT2D eigenvalue weighted by Gasteiger charge is 2.20. The van der Waals surface area contributed by atoms with Crippen LogP contribution in [0.15, 0.2) is 11.4 Å². The molecule has 0 radical (unpaired) electrons. The van der Waals surface area contributed by atoms with E-state index in [1.165, 1.54) is 30.6 Å². The Labute approximate surface area is 112 Å². The summed E-state index contributed by atoms with van der Waals surface area (Å²) in [5.74, 6) is 5.90. The number of thiophene rings is 1. The van der Waals surface area contributed by atoms with Crippen molar-refractivity contribution < 1.29 is 4.79 Å². The molecule has 0 aromatic carbocycles. The number of rotatable bonds is 4. The number of carbonyl (C=O) groups is 1. The van der Waals surface area contributed by atoms with Crippen LogP contribution in [-0.2, 0) is 6.54 Å². The lowest BCUT2D eigenvalue weighted by molar-refractivity contribution is 0.0955. The molecule has 100 valence electrons. The molecule has 0 spiro atoms. The van der Waals surface area contributed by atoms with Crippen molar-refractivity contribution in [3.63, 3.8) is 0 Å². The van der Waals surface area contributed by atoms with E-state index in [2.05, 4.69) is 17.2 Å². The zero-order valence-corrected chi connectivity index (χ0v) is 11.6. The summed E-state index contributed by atoms with van der Waals surface area (Å²) in [7, 11) is 0. The number of nitrogens with zero attached hydrogens (tertiary/aromatic N) is 1. The van der Waals surface area contributed by atoms with Crippen molar-refractivity contribution in [2.75, 3.05) is 13.1 Å². The predicted octanol–water partition coefficient (Wildman–Crippen LogP) is 1.97. The predicted molar refractivity (Wildman–Crippen MR) is 74.3 cm³/mol. The molecule has 0 atom stereocenters. The zero-order chi connectivity index (χ0) is 13.0. The number of nitrogens with one attached hydrogen (secondary N) is 1. The van der Waals surface area contributed by atoms with Crippen LogP contribution in [0.3, 0.4) is 0 Å². The summed E-state index contributed by atoms with van der Waals surface area (Å²) in [5.41, 5.74) is 3.31. The minimum absolute atomic E-state index is 0.177. The van der Waals surface area contributed by atoms with Gasteiger partial charge in [-0.15, -0.1) is 11.3 Å². The number of hydrogen-bond donors (Lipinski definition) is 2. The molecule has 1 aromatic heterocycles. The van der Waals surface area contributed by atoms with Gasteiger partial charge in [0.15, 0.2) is 0 Å². The number of nitrogens with two attached hydrogens (primary N) is 1. The molecule has 0 unspecified atom stereocenters. The molecule has 1 fully saturated rings. The molecule has 0 bridgehead atoms. The monoisotopic (exact) mass is 267 g/mol. The van der Waals surface area contributed by atoms with E-state index < -0.39 is 0 Å². The average Bonchev–Trinajstić information content (AvgIpc) is 2.87. The second kappa shape index (κ2) is 6.31. The molecule has 0 saturated carbocycles. The van der Waals surface area contributed by atoms with Crippen molar-refractivity contribution in [3.8, 4) is 0 Å². The Hall–Kier alpha value is -0.910. The van der Waals surface area contributed by atoms with Crippen LogP contribution in [0.5, 0.6) is 0 Å². The number of amides is 1. The fraction of sp³-hybridized carbons (Fsp3) is 0.615. The average molecular weight is 267 g/mol. The van der Waals surface area contributed by atoms with Crippen LogP contribution in [-0.4, -0.2) is 23.9 Å². The number of nitrogen functional groups attached to an aromatic ring is 1. The van der Waals surface area contributed by atoms with E-state index in [0.717, 1.165) is 36.0 Å². The fourth-order valence-electron chi connectivity index (χ4n) is 2.52. The van der Waals surface area contributed by atoms with Gasteiger partial charge in [-0.3, -0.25) is 15.1 Å². The van der Waals surface area contributed by atoms with Gasteiger partial charge in [0.25, 0.3) is 5.91 Å². The van der Waals surface area contributed by atoms with Gasteiger partial charge in [-0.2, -0.15) is 0 Å². The number of hydrazine groups is 1. The third-order valence-corrected chi connectivity index (χ3v) is 4.72. The topological polar surface area (TPSA) is 58.4 Å². The minimum Gasteiger partial charge on any atom is -0.299 e. The molecule has 1 aliphatic heterocycles. The van der Waals surface area contributed by atoms with Crippen LogP contribution in [0, 0.1) is 5.92 Å². The van der Waals surface area contributed by atoms with Crippen molar-refractivity contribution in [2.24, 2.45) is 11.8 Å². The van der Waals surface area contributed by atoms with Crippen molar-refractivity contribution in [3.05, 3.63) is 21.9 Å². The van der Waals surface area contributed by atoms with E-state index in [-0.39, 0.29) is 5.91 Å².